The van der Waals surface area contributed by atoms with Gasteiger partial charge in [0.2, 0.25) is 0 Å². The molecule has 3 rings (SSSR count). The fraction of sp³-hybridized carbons (Fsp3) is 0.350. The van der Waals surface area contributed by atoms with Crippen molar-refractivity contribution in [1.29, 1.82) is 0 Å². The lowest BCUT2D eigenvalue weighted by atomic mass is 9.79. The molecular formula is C20H24BNO3S. The van der Waals surface area contributed by atoms with E-state index in [9.17, 15) is 4.79 Å². The molecule has 0 aromatic heterocycles. The van der Waals surface area contributed by atoms with Crippen LogP contribution in [0, 0.1) is 0 Å². The Morgan fingerprint density at radius 1 is 0.923 bits per heavy atom. The Hall–Kier alpha value is -1.76. The summed E-state index contributed by atoms with van der Waals surface area (Å²) in [5.74, 6) is -0.137. The van der Waals surface area contributed by atoms with Crippen LogP contribution in [0.25, 0.3) is 0 Å². The van der Waals surface area contributed by atoms with Crippen molar-refractivity contribution in [3.05, 3.63) is 54.1 Å². The minimum Gasteiger partial charge on any atom is -0.399 e. The number of anilines is 1. The van der Waals surface area contributed by atoms with E-state index in [1.165, 1.54) is 0 Å². The molecule has 1 amide bonds. The van der Waals surface area contributed by atoms with Crippen LogP contribution >= 0.6 is 11.8 Å². The Kier molecular flexibility index (Phi) is 5.19. The van der Waals surface area contributed by atoms with Gasteiger partial charge in [-0.2, -0.15) is 0 Å². The molecule has 2 aromatic rings. The molecule has 1 fully saturated rings. The van der Waals surface area contributed by atoms with E-state index in [0.29, 0.717) is 5.56 Å². The molecule has 1 N–H and O–H groups in total. The SMILES string of the molecule is CSc1ccc(NC(=O)c2ccc(B3OC(C)(C)C(C)(C)O3)cc2)cc1. The summed E-state index contributed by atoms with van der Waals surface area (Å²) in [5.41, 5.74) is 1.53. The van der Waals surface area contributed by atoms with Gasteiger partial charge in [0.1, 0.15) is 0 Å². The van der Waals surface area contributed by atoms with Gasteiger partial charge in [-0.3, -0.25) is 4.79 Å². The fourth-order valence-corrected chi connectivity index (χ4v) is 3.06. The largest absolute Gasteiger partial charge is 0.494 e. The van der Waals surface area contributed by atoms with Crippen LogP contribution in [0.5, 0.6) is 0 Å². The second kappa shape index (κ2) is 7.10. The van der Waals surface area contributed by atoms with Crippen molar-refractivity contribution >= 4 is 35.9 Å². The summed E-state index contributed by atoms with van der Waals surface area (Å²) in [6, 6.07) is 15.1. The summed E-state index contributed by atoms with van der Waals surface area (Å²) in [6.45, 7) is 8.10. The monoisotopic (exact) mass is 369 g/mol. The number of hydrogen-bond acceptors (Lipinski definition) is 4. The third-order valence-electron chi connectivity index (χ3n) is 5.05. The predicted octanol–water partition coefficient (Wildman–Crippen LogP) is 3.96. The second-order valence-corrected chi connectivity index (χ2v) is 8.27. The summed E-state index contributed by atoms with van der Waals surface area (Å²) in [6.07, 6.45) is 2.02. The Bertz CT molecular complexity index is 772. The highest BCUT2D eigenvalue weighted by atomic mass is 32.2. The van der Waals surface area contributed by atoms with Crippen LogP contribution in [-0.2, 0) is 9.31 Å². The molecule has 2 aromatic carbocycles. The van der Waals surface area contributed by atoms with Gasteiger partial charge in [0.25, 0.3) is 5.91 Å². The summed E-state index contributed by atoms with van der Waals surface area (Å²) < 4.78 is 12.1. The predicted molar refractivity (Wildman–Crippen MR) is 108 cm³/mol. The second-order valence-electron chi connectivity index (χ2n) is 7.39. The number of hydrogen-bond donors (Lipinski definition) is 1. The minimum absolute atomic E-state index is 0.137. The molecular weight excluding hydrogens is 345 g/mol. The average Bonchev–Trinajstić information content (AvgIpc) is 2.83. The molecule has 0 atom stereocenters. The highest BCUT2D eigenvalue weighted by Gasteiger charge is 2.51. The van der Waals surface area contributed by atoms with Gasteiger partial charge in [-0.15, -0.1) is 11.8 Å². The summed E-state index contributed by atoms with van der Waals surface area (Å²) in [7, 11) is -0.420. The molecule has 0 bridgehead atoms. The van der Waals surface area contributed by atoms with Gasteiger partial charge in [0.15, 0.2) is 0 Å². The number of carbonyl (C=O) groups excluding carboxylic acids is 1. The van der Waals surface area contributed by atoms with E-state index >= 15 is 0 Å². The van der Waals surface area contributed by atoms with Gasteiger partial charge in [0, 0.05) is 16.1 Å². The molecule has 6 heteroatoms. The Morgan fingerprint density at radius 2 is 1.46 bits per heavy atom. The van der Waals surface area contributed by atoms with E-state index in [1.54, 1.807) is 23.9 Å². The lowest BCUT2D eigenvalue weighted by Crippen LogP contribution is -2.41. The van der Waals surface area contributed by atoms with E-state index in [4.69, 9.17) is 9.31 Å². The Morgan fingerprint density at radius 3 is 1.96 bits per heavy atom. The number of benzene rings is 2. The van der Waals surface area contributed by atoms with Crippen molar-refractivity contribution in [1.82, 2.24) is 0 Å². The van der Waals surface area contributed by atoms with Crippen molar-refractivity contribution in [3.63, 3.8) is 0 Å². The molecule has 0 unspecified atom stereocenters. The third kappa shape index (κ3) is 3.82. The highest BCUT2D eigenvalue weighted by molar-refractivity contribution is 7.98. The Labute approximate surface area is 159 Å². The smallest absolute Gasteiger partial charge is 0.399 e. The zero-order valence-electron chi connectivity index (χ0n) is 15.8. The molecule has 0 aliphatic carbocycles. The van der Waals surface area contributed by atoms with Crippen LogP contribution in [-0.4, -0.2) is 30.5 Å². The molecule has 1 aliphatic rings. The molecule has 26 heavy (non-hydrogen) atoms. The van der Waals surface area contributed by atoms with Crippen LogP contribution in [0.1, 0.15) is 38.1 Å². The lowest BCUT2D eigenvalue weighted by molar-refractivity contribution is 0.00578. The van der Waals surface area contributed by atoms with Crippen LogP contribution in [0.3, 0.4) is 0 Å². The minimum atomic E-state index is -0.420. The zero-order chi connectivity index (χ0) is 18.9. The average molecular weight is 369 g/mol. The van der Waals surface area contributed by atoms with E-state index in [2.05, 4.69) is 5.32 Å². The van der Waals surface area contributed by atoms with Gasteiger partial charge in [0.05, 0.1) is 11.2 Å². The maximum absolute atomic E-state index is 12.4. The third-order valence-corrected chi connectivity index (χ3v) is 5.79. The van der Waals surface area contributed by atoms with Crippen molar-refractivity contribution < 1.29 is 14.1 Å². The van der Waals surface area contributed by atoms with Crippen LogP contribution in [0.4, 0.5) is 5.69 Å². The van der Waals surface area contributed by atoms with E-state index in [1.807, 2.05) is 70.3 Å². The molecule has 0 spiro atoms. The standard InChI is InChI=1S/C20H24BNO3S/c1-19(2)20(3,4)25-21(24-19)15-8-6-14(7-9-15)18(23)22-16-10-12-17(26-5)13-11-16/h6-13H,1-5H3,(H,22,23). The number of amides is 1. The van der Waals surface area contributed by atoms with Gasteiger partial charge in [-0.05, 0) is 75.8 Å². The molecule has 1 saturated heterocycles. The fourth-order valence-electron chi connectivity index (χ4n) is 2.65. The van der Waals surface area contributed by atoms with Gasteiger partial charge < -0.3 is 14.6 Å². The quantitative estimate of drug-likeness (QED) is 0.655. The highest BCUT2D eigenvalue weighted by Crippen LogP contribution is 2.36. The first-order chi connectivity index (χ1) is 12.2. The van der Waals surface area contributed by atoms with Gasteiger partial charge in [-0.1, -0.05) is 12.1 Å². The van der Waals surface area contributed by atoms with Crippen LogP contribution in [0.15, 0.2) is 53.4 Å². The zero-order valence-corrected chi connectivity index (χ0v) is 16.6. The first-order valence-corrected chi connectivity index (χ1v) is 9.85. The molecule has 0 saturated carbocycles. The van der Waals surface area contributed by atoms with Crippen molar-refractivity contribution in [2.24, 2.45) is 0 Å². The van der Waals surface area contributed by atoms with Crippen LogP contribution < -0.4 is 10.8 Å². The summed E-state index contributed by atoms with van der Waals surface area (Å²) in [5, 5.41) is 2.91. The number of thioether (sulfide) groups is 1. The first-order valence-electron chi connectivity index (χ1n) is 8.63. The Balaban J connectivity index is 1.68. The molecule has 1 aliphatic heterocycles. The molecule has 1 heterocycles. The van der Waals surface area contributed by atoms with Gasteiger partial charge in [-0.25, -0.2) is 0 Å². The van der Waals surface area contributed by atoms with Crippen LogP contribution in [0.2, 0.25) is 0 Å². The summed E-state index contributed by atoms with van der Waals surface area (Å²) >= 11 is 1.67. The van der Waals surface area contributed by atoms with Crippen molar-refractivity contribution in [2.75, 3.05) is 11.6 Å². The number of rotatable bonds is 4. The van der Waals surface area contributed by atoms with E-state index in [0.717, 1.165) is 16.0 Å². The number of carbonyl (C=O) groups is 1. The molecule has 0 radical (unpaired) electrons. The maximum atomic E-state index is 12.4. The van der Waals surface area contributed by atoms with Crippen molar-refractivity contribution in [3.8, 4) is 0 Å². The normalized spacial score (nSPS) is 18.0. The summed E-state index contributed by atoms with van der Waals surface area (Å²) in [4.78, 5) is 13.6. The van der Waals surface area contributed by atoms with Crippen molar-refractivity contribution in [2.45, 2.75) is 43.8 Å². The first kappa shape index (κ1) is 19.0. The molecule has 4 nitrogen and oxygen atoms in total. The van der Waals surface area contributed by atoms with E-state index in [-0.39, 0.29) is 17.1 Å². The lowest BCUT2D eigenvalue weighted by Gasteiger charge is -2.32. The van der Waals surface area contributed by atoms with E-state index < -0.39 is 7.12 Å². The maximum Gasteiger partial charge on any atom is 0.494 e. The molecule has 136 valence electrons. The van der Waals surface area contributed by atoms with Gasteiger partial charge >= 0.3 is 7.12 Å². The number of nitrogens with one attached hydrogen (secondary N) is 1. The topological polar surface area (TPSA) is 47.6 Å².